The van der Waals surface area contributed by atoms with Gasteiger partial charge in [-0.25, -0.2) is 0 Å². The van der Waals surface area contributed by atoms with Gasteiger partial charge in [0.15, 0.2) is 5.78 Å². The Bertz CT molecular complexity index is 1660. The largest absolute Gasteiger partial charge is 0.370 e. The third-order valence-electron chi connectivity index (χ3n) is 8.67. The molecule has 4 amide bonds. The van der Waals surface area contributed by atoms with Crippen molar-refractivity contribution < 1.29 is 24.0 Å². The van der Waals surface area contributed by atoms with Crippen molar-refractivity contribution >= 4 is 29.4 Å². The number of carbonyl (C=O) groups excluding carboxylic acids is 5. The third kappa shape index (κ3) is 13.3. The number of Topliss-reactive ketones (excluding diaryl/α,β-unsaturated/α-hetero) is 1. The molecule has 0 unspecified atom stereocenters. The van der Waals surface area contributed by atoms with E-state index >= 15 is 0 Å². The summed E-state index contributed by atoms with van der Waals surface area (Å²) in [6.45, 7) is 2.23. The minimum atomic E-state index is -1.31. The van der Waals surface area contributed by atoms with Crippen molar-refractivity contribution in [1.29, 1.82) is 0 Å². The Morgan fingerprint density at radius 2 is 1.10 bits per heavy atom. The summed E-state index contributed by atoms with van der Waals surface area (Å²) < 4.78 is 0. The lowest BCUT2D eigenvalue weighted by molar-refractivity contribution is -0.133. The summed E-state index contributed by atoms with van der Waals surface area (Å²) in [5.74, 6) is -3.86. The van der Waals surface area contributed by atoms with Gasteiger partial charge in [0.2, 0.25) is 17.7 Å². The smallest absolute Gasteiger partial charge is 0.251 e. The fourth-order valence-electron chi connectivity index (χ4n) is 5.97. The average Bonchev–Trinajstić information content (AvgIpc) is 3.13. The highest BCUT2D eigenvalue weighted by atomic mass is 16.2. The summed E-state index contributed by atoms with van der Waals surface area (Å²) >= 11 is 0. The molecule has 0 spiro atoms. The lowest BCUT2D eigenvalue weighted by Gasteiger charge is -2.25. The fraction of sp³-hybridized carbons (Fsp3) is 0.293. The number of nitrogens with one attached hydrogen (secondary N) is 2. The number of amides is 4. The highest BCUT2D eigenvalue weighted by Gasteiger charge is 2.30. The second kappa shape index (κ2) is 20.2. The molecule has 3 atom stereocenters. The zero-order valence-corrected chi connectivity index (χ0v) is 28.8. The maximum Gasteiger partial charge on any atom is 0.251 e. The number of nitrogens with two attached hydrogens (primary N) is 2. The van der Waals surface area contributed by atoms with Gasteiger partial charge in [-0.2, -0.15) is 0 Å². The van der Waals surface area contributed by atoms with Gasteiger partial charge in [-0.05, 0) is 54.6 Å². The Kier molecular flexibility index (Phi) is 15.1. The van der Waals surface area contributed by atoms with Crippen LogP contribution in [0.4, 0.5) is 0 Å². The number of nitrogens with zero attached hydrogens (tertiary/aromatic N) is 1. The molecule has 0 aliphatic heterocycles. The van der Waals surface area contributed by atoms with Crippen molar-refractivity contribution in [3.8, 4) is 0 Å². The van der Waals surface area contributed by atoms with E-state index < -0.39 is 48.1 Å². The van der Waals surface area contributed by atoms with Crippen LogP contribution in [-0.2, 0) is 38.7 Å². The van der Waals surface area contributed by atoms with Crippen LogP contribution in [0.25, 0.3) is 0 Å². The number of carbonyl (C=O) groups is 5. The van der Waals surface area contributed by atoms with Crippen molar-refractivity contribution in [2.45, 2.75) is 63.7 Å². The van der Waals surface area contributed by atoms with Gasteiger partial charge in [0.1, 0.15) is 6.04 Å². The van der Waals surface area contributed by atoms with E-state index in [0.717, 1.165) is 31.6 Å². The van der Waals surface area contributed by atoms with E-state index in [4.69, 9.17) is 11.5 Å². The molecule has 0 aromatic heterocycles. The van der Waals surface area contributed by atoms with Crippen LogP contribution in [0, 0.1) is 5.92 Å². The molecular formula is C41H47N5O5. The zero-order chi connectivity index (χ0) is 36.4. The number of hydrogen-bond donors (Lipinski definition) is 4. The first kappa shape index (κ1) is 38.2. The number of unbranched alkanes of at least 4 members (excludes halogenated alkanes) is 1. The molecule has 0 saturated carbocycles. The molecule has 0 heterocycles. The Morgan fingerprint density at radius 3 is 1.61 bits per heavy atom. The third-order valence-corrected chi connectivity index (χ3v) is 8.67. The first-order valence-electron chi connectivity index (χ1n) is 17.3. The summed E-state index contributed by atoms with van der Waals surface area (Å²) in [6, 6.07) is 36.1. The van der Waals surface area contributed by atoms with Crippen LogP contribution in [0.1, 0.15) is 59.2 Å². The Labute approximate surface area is 299 Å². The molecule has 0 saturated heterocycles. The monoisotopic (exact) mass is 689 g/mol. The minimum absolute atomic E-state index is 0.196. The van der Waals surface area contributed by atoms with Crippen molar-refractivity contribution in [3.05, 3.63) is 144 Å². The number of rotatable bonds is 21. The molecule has 51 heavy (non-hydrogen) atoms. The van der Waals surface area contributed by atoms with E-state index in [1.807, 2.05) is 66.7 Å². The van der Waals surface area contributed by atoms with Gasteiger partial charge in [-0.1, -0.05) is 116 Å². The standard InChI is InChI=1S/C41H47N5O5/c42-38(48)27-36(39(43)49)45-41(51)34(23-13-14-24-46(28-31-17-7-2-8-18-31)29-32-19-9-3-10-20-32)26-37(47)35(25-30-15-5-1-6-16-30)44-40(50)33-21-11-4-12-22-33/h1-12,15-22,34-36H,13-14,23-29H2,(H2,42,48)(H2,43,49)(H,44,50)(H,45,51)/t34-,35+,36+/m1/s1. The zero-order valence-electron chi connectivity index (χ0n) is 28.8. The van der Waals surface area contributed by atoms with Gasteiger partial charge in [-0.15, -0.1) is 0 Å². The number of primary amides is 2. The summed E-state index contributed by atoms with van der Waals surface area (Å²) in [5, 5.41) is 5.44. The normalized spacial score (nSPS) is 12.7. The fourth-order valence-corrected chi connectivity index (χ4v) is 5.97. The Hall–Kier alpha value is -5.61. The SMILES string of the molecule is NC(=O)C[C@H](NC(=O)[C@H](CCCCN(Cc1ccccc1)Cc1ccccc1)CC(=O)[C@H](Cc1ccccc1)NC(=O)c1ccccc1)C(N)=O. The van der Waals surface area contributed by atoms with E-state index in [1.54, 1.807) is 30.3 Å². The van der Waals surface area contributed by atoms with E-state index in [-0.39, 0.29) is 18.6 Å². The lowest BCUT2D eigenvalue weighted by Crippen LogP contribution is -2.49. The van der Waals surface area contributed by atoms with Crippen molar-refractivity contribution in [1.82, 2.24) is 15.5 Å². The van der Waals surface area contributed by atoms with Crippen molar-refractivity contribution in [2.75, 3.05) is 6.54 Å². The van der Waals surface area contributed by atoms with Crippen LogP contribution in [0.3, 0.4) is 0 Å². The van der Waals surface area contributed by atoms with E-state index in [2.05, 4.69) is 39.8 Å². The second-order valence-electron chi connectivity index (χ2n) is 12.8. The molecule has 6 N–H and O–H groups in total. The molecule has 0 bridgehead atoms. The Balaban J connectivity index is 1.49. The maximum absolute atomic E-state index is 14.0. The summed E-state index contributed by atoms with van der Waals surface area (Å²) in [4.78, 5) is 66.9. The first-order valence-corrected chi connectivity index (χ1v) is 17.3. The Morgan fingerprint density at radius 1 is 0.588 bits per heavy atom. The molecule has 0 fully saturated rings. The highest BCUT2D eigenvalue weighted by Crippen LogP contribution is 2.19. The number of ketones is 1. The van der Waals surface area contributed by atoms with Crippen molar-refractivity contribution in [2.24, 2.45) is 17.4 Å². The van der Waals surface area contributed by atoms with Gasteiger partial charge in [0.05, 0.1) is 12.5 Å². The van der Waals surface area contributed by atoms with Gasteiger partial charge >= 0.3 is 0 Å². The summed E-state index contributed by atoms with van der Waals surface area (Å²) in [5.41, 5.74) is 14.4. The van der Waals surface area contributed by atoms with E-state index in [0.29, 0.717) is 18.4 Å². The van der Waals surface area contributed by atoms with Gasteiger partial charge in [0.25, 0.3) is 5.91 Å². The molecule has 4 rings (SSSR count). The lowest BCUT2D eigenvalue weighted by atomic mass is 9.90. The topological polar surface area (TPSA) is 165 Å². The number of hydrogen-bond acceptors (Lipinski definition) is 6. The molecule has 0 radical (unpaired) electrons. The van der Waals surface area contributed by atoms with Gasteiger partial charge < -0.3 is 22.1 Å². The summed E-state index contributed by atoms with van der Waals surface area (Å²) in [6.07, 6.45) is 1.23. The number of benzene rings is 4. The van der Waals surface area contributed by atoms with Gasteiger partial charge in [-0.3, -0.25) is 28.9 Å². The van der Waals surface area contributed by atoms with Crippen molar-refractivity contribution in [3.63, 3.8) is 0 Å². The summed E-state index contributed by atoms with van der Waals surface area (Å²) in [7, 11) is 0. The van der Waals surface area contributed by atoms with Crippen LogP contribution in [0.15, 0.2) is 121 Å². The molecule has 4 aromatic carbocycles. The molecule has 266 valence electrons. The molecule has 0 aliphatic carbocycles. The second-order valence-corrected chi connectivity index (χ2v) is 12.8. The van der Waals surface area contributed by atoms with E-state index in [9.17, 15) is 24.0 Å². The molecule has 0 aliphatic rings. The molecular weight excluding hydrogens is 642 g/mol. The quantitative estimate of drug-likeness (QED) is 0.0952. The van der Waals surface area contributed by atoms with Crippen LogP contribution in [0.5, 0.6) is 0 Å². The predicted molar refractivity (Wildman–Crippen MR) is 197 cm³/mol. The van der Waals surface area contributed by atoms with Crippen LogP contribution in [0.2, 0.25) is 0 Å². The molecule has 4 aromatic rings. The first-order chi connectivity index (χ1) is 24.7. The minimum Gasteiger partial charge on any atom is -0.370 e. The average molecular weight is 690 g/mol. The predicted octanol–water partition coefficient (Wildman–Crippen LogP) is 4.32. The van der Waals surface area contributed by atoms with Crippen LogP contribution < -0.4 is 22.1 Å². The van der Waals surface area contributed by atoms with Crippen LogP contribution >= 0.6 is 0 Å². The van der Waals surface area contributed by atoms with E-state index in [1.165, 1.54) is 11.1 Å². The molecule has 10 nitrogen and oxygen atoms in total. The van der Waals surface area contributed by atoms with Crippen LogP contribution in [-0.4, -0.2) is 52.9 Å². The maximum atomic E-state index is 14.0. The van der Waals surface area contributed by atoms with Gasteiger partial charge in [0, 0.05) is 31.0 Å². The highest BCUT2D eigenvalue weighted by molar-refractivity contribution is 5.99. The molecule has 10 heteroatoms.